The van der Waals surface area contributed by atoms with Gasteiger partial charge in [0.15, 0.2) is 5.16 Å². The number of benzene rings is 2. The van der Waals surface area contributed by atoms with Crippen LogP contribution in [0.15, 0.2) is 78.2 Å². The maximum atomic E-state index is 13.0. The number of para-hydroxylation sites is 2. The molecule has 3 rings (SSSR count). The molecular formula is C20H19N3O2S. The highest BCUT2D eigenvalue weighted by atomic mass is 32.2. The van der Waals surface area contributed by atoms with Crippen molar-refractivity contribution >= 4 is 23.4 Å². The predicted octanol–water partition coefficient (Wildman–Crippen LogP) is 4.35. The Bertz CT molecular complexity index is 844. The zero-order chi connectivity index (χ0) is 18.2. The molecule has 0 spiro atoms. The van der Waals surface area contributed by atoms with Crippen molar-refractivity contribution in [2.45, 2.75) is 17.3 Å². The molecule has 0 aliphatic carbocycles. The minimum atomic E-state index is -0.478. The summed E-state index contributed by atoms with van der Waals surface area (Å²) in [6.07, 6.45) is 3.33. The first-order valence-electron chi connectivity index (χ1n) is 8.29. The lowest BCUT2D eigenvalue weighted by molar-refractivity contribution is -0.115. The first-order valence-corrected chi connectivity index (χ1v) is 9.17. The van der Waals surface area contributed by atoms with Crippen LogP contribution in [0.3, 0.4) is 0 Å². The maximum absolute atomic E-state index is 13.0. The smallest absolute Gasteiger partial charge is 0.242 e. The third-order valence-electron chi connectivity index (χ3n) is 3.55. The van der Waals surface area contributed by atoms with Crippen LogP contribution < -0.4 is 10.1 Å². The van der Waals surface area contributed by atoms with Crippen LogP contribution in [0.2, 0.25) is 0 Å². The van der Waals surface area contributed by atoms with E-state index >= 15 is 0 Å². The molecule has 1 heterocycles. The Kier molecular flexibility index (Phi) is 6.22. The topological polar surface area (TPSA) is 64.1 Å². The first-order chi connectivity index (χ1) is 12.8. The van der Waals surface area contributed by atoms with Gasteiger partial charge in [0.05, 0.1) is 12.3 Å². The van der Waals surface area contributed by atoms with Gasteiger partial charge in [-0.05, 0) is 30.7 Å². The molecule has 1 N–H and O–H groups in total. The Hall–Kier alpha value is -2.86. The number of ether oxygens (including phenoxy) is 1. The van der Waals surface area contributed by atoms with E-state index in [2.05, 4.69) is 15.3 Å². The standard InChI is InChI=1S/C20H19N3O2S/c1-2-25-17-12-7-6-11-16(17)23-19(24)18(15-9-4-3-5-10-15)26-20-21-13-8-14-22-20/h3-14,18H,2H2,1H3,(H,23,24)/t18-/m1/s1. The van der Waals surface area contributed by atoms with Gasteiger partial charge in [-0.25, -0.2) is 9.97 Å². The van der Waals surface area contributed by atoms with Crippen LogP contribution in [0.5, 0.6) is 5.75 Å². The van der Waals surface area contributed by atoms with E-state index in [1.54, 1.807) is 18.5 Å². The number of amides is 1. The van der Waals surface area contributed by atoms with Gasteiger partial charge in [-0.3, -0.25) is 4.79 Å². The van der Waals surface area contributed by atoms with Crippen LogP contribution in [0.25, 0.3) is 0 Å². The number of nitrogens with zero attached hydrogens (tertiary/aromatic N) is 2. The average Bonchev–Trinajstić information content (AvgIpc) is 2.69. The Labute approximate surface area is 156 Å². The summed E-state index contributed by atoms with van der Waals surface area (Å²) in [4.78, 5) is 21.5. The number of carbonyl (C=O) groups excluding carboxylic acids is 1. The monoisotopic (exact) mass is 365 g/mol. The Morgan fingerprint density at radius 2 is 1.73 bits per heavy atom. The van der Waals surface area contributed by atoms with Crippen molar-refractivity contribution in [3.05, 3.63) is 78.6 Å². The van der Waals surface area contributed by atoms with E-state index in [9.17, 15) is 4.79 Å². The van der Waals surface area contributed by atoms with Crippen LogP contribution in [0.1, 0.15) is 17.7 Å². The lowest BCUT2D eigenvalue weighted by Gasteiger charge is -2.17. The molecule has 0 radical (unpaired) electrons. The summed E-state index contributed by atoms with van der Waals surface area (Å²) in [5, 5.41) is 3.05. The lowest BCUT2D eigenvalue weighted by atomic mass is 10.1. The van der Waals surface area contributed by atoms with Crippen molar-refractivity contribution in [2.75, 3.05) is 11.9 Å². The van der Waals surface area contributed by atoms with Gasteiger partial charge < -0.3 is 10.1 Å². The summed E-state index contributed by atoms with van der Waals surface area (Å²) in [5.74, 6) is 0.497. The van der Waals surface area contributed by atoms with E-state index in [4.69, 9.17) is 4.74 Å². The number of hydrogen-bond donors (Lipinski definition) is 1. The zero-order valence-electron chi connectivity index (χ0n) is 14.3. The van der Waals surface area contributed by atoms with Crippen LogP contribution in [0.4, 0.5) is 5.69 Å². The largest absolute Gasteiger partial charge is 0.492 e. The Morgan fingerprint density at radius 1 is 1.04 bits per heavy atom. The molecule has 26 heavy (non-hydrogen) atoms. The second kappa shape index (κ2) is 9.01. The average molecular weight is 365 g/mol. The van der Waals surface area contributed by atoms with E-state index in [0.29, 0.717) is 23.2 Å². The van der Waals surface area contributed by atoms with E-state index in [-0.39, 0.29) is 5.91 Å². The van der Waals surface area contributed by atoms with E-state index in [1.165, 1.54) is 11.8 Å². The third-order valence-corrected chi connectivity index (χ3v) is 4.69. The molecule has 2 aromatic carbocycles. The molecule has 132 valence electrons. The summed E-state index contributed by atoms with van der Waals surface area (Å²) < 4.78 is 5.60. The van der Waals surface area contributed by atoms with Crippen molar-refractivity contribution in [1.82, 2.24) is 9.97 Å². The molecule has 6 heteroatoms. The molecule has 0 aliphatic rings. The molecule has 5 nitrogen and oxygen atoms in total. The van der Waals surface area contributed by atoms with Gasteiger partial charge in [-0.1, -0.05) is 54.2 Å². The highest BCUT2D eigenvalue weighted by molar-refractivity contribution is 8.00. The predicted molar refractivity (Wildman–Crippen MR) is 103 cm³/mol. The second-order valence-corrected chi connectivity index (χ2v) is 6.43. The zero-order valence-corrected chi connectivity index (χ0v) is 15.1. The molecule has 0 saturated carbocycles. The number of thioether (sulfide) groups is 1. The van der Waals surface area contributed by atoms with Gasteiger partial charge in [-0.2, -0.15) is 0 Å². The first kappa shape index (κ1) is 17.9. The van der Waals surface area contributed by atoms with Gasteiger partial charge in [0.1, 0.15) is 11.0 Å². The molecular weight excluding hydrogens is 346 g/mol. The van der Waals surface area contributed by atoms with Crippen LogP contribution in [-0.4, -0.2) is 22.5 Å². The minimum absolute atomic E-state index is 0.152. The number of anilines is 1. The summed E-state index contributed by atoms with van der Waals surface area (Å²) in [6, 6.07) is 18.8. The van der Waals surface area contributed by atoms with Gasteiger partial charge in [0.25, 0.3) is 0 Å². The highest BCUT2D eigenvalue weighted by Crippen LogP contribution is 2.35. The second-order valence-electron chi connectivity index (χ2n) is 5.36. The number of rotatable bonds is 7. The number of nitrogens with one attached hydrogen (secondary N) is 1. The van der Waals surface area contributed by atoms with Gasteiger partial charge in [0, 0.05) is 12.4 Å². The Balaban J connectivity index is 1.86. The summed E-state index contributed by atoms with van der Waals surface area (Å²) in [6.45, 7) is 2.44. The molecule has 1 amide bonds. The normalized spacial score (nSPS) is 11.6. The van der Waals surface area contributed by atoms with Crippen LogP contribution >= 0.6 is 11.8 Å². The fourth-order valence-electron chi connectivity index (χ4n) is 2.40. The summed E-state index contributed by atoms with van der Waals surface area (Å²) in [7, 11) is 0. The van der Waals surface area contributed by atoms with E-state index in [0.717, 1.165) is 5.56 Å². The number of carbonyl (C=O) groups is 1. The van der Waals surface area contributed by atoms with Crippen LogP contribution in [0, 0.1) is 0 Å². The van der Waals surface area contributed by atoms with Crippen molar-refractivity contribution in [3.63, 3.8) is 0 Å². The van der Waals surface area contributed by atoms with Crippen molar-refractivity contribution < 1.29 is 9.53 Å². The van der Waals surface area contributed by atoms with Crippen molar-refractivity contribution in [3.8, 4) is 5.75 Å². The number of aromatic nitrogens is 2. The molecule has 0 bridgehead atoms. The quantitative estimate of drug-likeness (QED) is 0.498. The fourth-order valence-corrected chi connectivity index (χ4v) is 3.32. The molecule has 0 aliphatic heterocycles. The fraction of sp³-hybridized carbons (Fsp3) is 0.150. The molecule has 0 unspecified atom stereocenters. The molecule has 3 aromatic rings. The van der Waals surface area contributed by atoms with Gasteiger partial charge in [-0.15, -0.1) is 0 Å². The third kappa shape index (κ3) is 4.61. The number of hydrogen-bond acceptors (Lipinski definition) is 5. The van der Waals surface area contributed by atoms with Crippen molar-refractivity contribution in [1.29, 1.82) is 0 Å². The van der Waals surface area contributed by atoms with E-state index < -0.39 is 5.25 Å². The molecule has 1 atom stereocenters. The minimum Gasteiger partial charge on any atom is -0.492 e. The van der Waals surface area contributed by atoms with Gasteiger partial charge >= 0.3 is 0 Å². The highest BCUT2D eigenvalue weighted by Gasteiger charge is 2.24. The van der Waals surface area contributed by atoms with Crippen LogP contribution in [-0.2, 0) is 4.79 Å². The Morgan fingerprint density at radius 3 is 2.46 bits per heavy atom. The van der Waals surface area contributed by atoms with Crippen molar-refractivity contribution in [2.24, 2.45) is 0 Å². The summed E-state index contributed by atoms with van der Waals surface area (Å²) in [5.41, 5.74) is 1.53. The SMILES string of the molecule is CCOc1ccccc1NC(=O)[C@H](Sc1ncccn1)c1ccccc1. The maximum Gasteiger partial charge on any atom is 0.242 e. The van der Waals surface area contributed by atoms with E-state index in [1.807, 2.05) is 61.5 Å². The summed E-state index contributed by atoms with van der Waals surface area (Å²) >= 11 is 1.31. The lowest BCUT2D eigenvalue weighted by Crippen LogP contribution is -2.19. The van der Waals surface area contributed by atoms with Gasteiger partial charge in [0.2, 0.25) is 5.91 Å². The molecule has 1 aromatic heterocycles. The molecule has 0 saturated heterocycles. The molecule has 0 fully saturated rings.